The summed E-state index contributed by atoms with van der Waals surface area (Å²) in [6.45, 7) is 4.23. The summed E-state index contributed by atoms with van der Waals surface area (Å²) in [7, 11) is 0. The molecule has 0 aromatic carbocycles. The third kappa shape index (κ3) is 1.97. The molecule has 0 radical (unpaired) electrons. The lowest BCUT2D eigenvalue weighted by molar-refractivity contribution is 1.64. The Labute approximate surface area is 86.7 Å². The molecule has 1 aliphatic rings. The molecule has 0 spiro atoms. The summed E-state index contributed by atoms with van der Waals surface area (Å²) in [5, 5.41) is 0. The first kappa shape index (κ1) is 8.89. The molecule has 1 aromatic heterocycles. The van der Waals surface area contributed by atoms with Gasteiger partial charge in [-0.2, -0.15) is 0 Å². The Kier molecular flexibility index (Phi) is 2.45. The van der Waals surface area contributed by atoms with Crippen molar-refractivity contribution in [2.45, 2.75) is 13.8 Å². The fourth-order valence-corrected chi connectivity index (χ4v) is 2.96. The van der Waals surface area contributed by atoms with E-state index in [-0.39, 0.29) is 0 Å². The van der Waals surface area contributed by atoms with Crippen LogP contribution in [0.5, 0.6) is 0 Å². The van der Waals surface area contributed by atoms with Crippen molar-refractivity contribution in [3.05, 3.63) is 44.7 Å². The van der Waals surface area contributed by atoms with Gasteiger partial charge in [-0.25, -0.2) is 0 Å². The van der Waals surface area contributed by atoms with Gasteiger partial charge in [0.15, 0.2) is 0 Å². The quantitative estimate of drug-likeness (QED) is 0.620. The summed E-state index contributed by atoms with van der Waals surface area (Å²) in [5.41, 5.74) is 3.17. The molecule has 1 aliphatic heterocycles. The van der Waals surface area contributed by atoms with Crippen LogP contribution in [0.1, 0.15) is 16.7 Å². The summed E-state index contributed by atoms with van der Waals surface area (Å²) in [6.07, 6.45) is 4.12. The fraction of sp³-hybridized carbons (Fsp3) is 0.182. The van der Waals surface area contributed by atoms with Gasteiger partial charge < -0.3 is 0 Å². The fourth-order valence-electron chi connectivity index (χ4n) is 1.16. The van der Waals surface area contributed by atoms with E-state index >= 15 is 0 Å². The zero-order chi connectivity index (χ0) is 9.26. The second-order valence-electron chi connectivity index (χ2n) is 2.91. The minimum absolute atomic E-state index is 1.24. The average molecular weight is 206 g/mol. The summed E-state index contributed by atoms with van der Waals surface area (Å²) < 4.78 is 0. The highest BCUT2D eigenvalue weighted by Gasteiger charge is 2.06. The van der Waals surface area contributed by atoms with E-state index in [1.54, 1.807) is 11.8 Å². The first-order valence-corrected chi connectivity index (χ1v) is 5.77. The SMILES string of the molecule is CC1=C=CC=C(c2ccc(C)s2)S1. The van der Waals surface area contributed by atoms with Crippen LogP contribution in [0.2, 0.25) is 0 Å². The van der Waals surface area contributed by atoms with Crippen LogP contribution in [0.3, 0.4) is 0 Å². The highest BCUT2D eigenvalue weighted by atomic mass is 32.2. The molecule has 2 rings (SSSR count). The van der Waals surface area contributed by atoms with Crippen LogP contribution in [-0.2, 0) is 0 Å². The predicted octanol–water partition coefficient (Wildman–Crippen LogP) is 4.20. The summed E-state index contributed by atoms with van der Waals surface area (Å²) in [6, 6.07) is 4.35. The maximum Gasteiger partial charge on any atom is 0.0413 e. The molecule has 0 fully saturated rings. The standard InChI is InChI=1S/C11H10S2/c1-8-4-3-5-10(12-8)11-7-6-9(2)13-11/h3,5-7H,1-2H3. The van der Waals surface area contributed by atoms with Crippen LogP contribution in [0.25, 0.3) is 4.91 Å². The van der Waals surface area contributed by atoms with E-state index in [4.69, 9.17) is 0 Å². The highest BCUT2D eigenvalue weighted by molar-refractivity contribution is 8.11. The summed E-state index contributed by atoms with van der Waals surface area (Å²) >= 11 is 3.64. The lowest BCUT2D eigenvalue weighted by Crippen LogP contribution is -1.76. The molecule has 0 atom stereocenters. The van der Waals surface area contributed by atoms with Gasteiger partial charge in [0, 0.05) is 19.6 Å². The Balaban J connectivity index is 2.31. The second-order valence-corrected chi connectivity index (χ2v) is 5.45. The van der Waals surface area contributed by atoms with Crippen molar-refractivity contribution in [2.24, 2.45) is 0 Å². The minimum Gasteiger partial charge on any atom is -0.140 e. The molecule has 66 valence electrons. The molecule has 0 saturated heterocycles. The number of allylic oxidation sites excluding steroid dienone is 2. The van der Waals surface area contributed by atoms with Crippen LogP contribution in [0, 0.1) is 6.92 Å². The molecule has 13 heavy (non-hydrogen) atoms. The molecule has 2 heteroatoms. The van der Waals surface area contributed by atoms with Crippen molar-refractivity contribution in [3.63, 3.8) is 0 Å². The maximum absolute atomic E-state index is 3.17. The van der Waals surface area contributed by atoms with E-state index in [1.165, 1.54) is 19.6 Å². The number of thiophene rings is 1. The average Bonchev–Trinajstić information content (AvgIpc) is 2.52. The molecule has 0 saturated carbocycles. The van der Waals surface area contributed by atoms with Crippen molar-refractivity contribution >= 4 is 28.0 Å². The van der Waals surface area contributed by atoms with Gasteiger partial charge in [-0.3, -0.25) is 0 Å². The summed E-state index contributed by atoms with van der Waals surface area (Å²) in [5.74, 6) is 0. The van der Waals surface area contributed by atoms with Crippen molar-refractivity contribution < 1.29 is 0 Å². The molecule has 0 bridgehead atoms. The van der Waals surface area contributed by atoms with Crippen LogP contribution >= 0.6 is 23.1 Å². The Bertz CT molecular complexity index is 415. The van der Waals surface area contributed by atoms with Crippen molar-refractivity contribution in [1.29, 1.82) is 0 Å². The third-order valence-corrected chi connectivity index (χ3v) is 3.93. The first-order valence-electron chi connectivity index (χ1n) is 4.14. The summed E-state index contributed by atoms with van der Waals surface area (Å²) in [4.78, 5) is 5.31. The van der Waals surface area contributed by atoms with Gasteiger partial charge in [-0.1, -0.05) is 11.8 Å². The number of hydrogen-bond acceptors (Lipinski definition) is 2. The highest BCUT2D eigenvalue weighted by Crippen LogP contribution is 2.37. The molecular weight excluding hydrogens is 196 g/mol. The molecule has 0 nitrogen and oxygen atoms in total. The van der Waals surface area contributed by atoms with E-state index in [9.17, 15) is 0 Å². The Hall–Kier alpha value is -0.690. The smallest absolute Gasteiger partial charge is 0.0413 e. The first-order chi connectivity index (χ1) is 6.25. The molecule has 2 heterocycles. The lowest BCUT2D eigenvalue weighted by Gasteiger charge is -2.04. The predicted molar refractivity (Wildman–Crippen MR) is 61.9 cm³/mol. The van der Waals surface area contributed by atoms with Crippen LogP contribution in [0.15, 0.2) is 34.9 Å². The normalized spacial score (nSPS) is 15.5. The number of rotatable bonds is 1. The minimum atomic E-state index is 1.24. The monoisotopic (exact) mass is 206 g/mol. The van der Waals surface area contributed by atoms with Gasteiger partial charge in [0.25, 0.3) is 0 Å². The zero-order valence-electron chi connectivity index (χ0n) is 7.63. The van der Waals surface area contributed by atoms with Crippen molar-refractivity contribution in [3.8, 4) is 0 Å². The Morgan fingerprint density at radius 3 is 2.69 bits per heavy atom. The van der Waals surface area contributed by atoms with Gasteiger partial charge in [-0.15, -0.1) is 17.1 Å². The zero-order valence-corrected chi connectivity index (χ0v) is 9.26. The topological polar surface area (TPSA) is 0 Å². The van der Waals surface area contributed by atoms with Gasteiger partial charge in [0.1, 0.15) is 0 Å². The van der Waals surface area contributed by atoms with Crippen LogP contribution < -0.4 is 0 Å². The molecular formula is C11H10S2. The molecule has 1 aromatic rings. The van der Waals surface area contributed by atoms with E-state index in [0.717, 1.165) is 0 Å². The molecule has 0 unspecified atom stereocenters. The van der Waals surface area contributed by atoms with Gasteiger partial charge in [0.2, 0.25) is 0 Å². The molecule has 0 aliphatic carbocycles. The number of hydrogen-bond donors (Lipinski definition) is 0. The van der Waals surface area contributed by atoms with E-state index in [0.29, 0.717) is 0 Å². The Morgan fingerprint density at radius 1 is 1.23 bits per heavy atom. The van der Waals surface area contributed by atoms with Gasteiger partial charge in [-0.05, 0) is 38.1 Å². The number of aryl methyl sites for hydroxylation is 1. The van der Waals surface area contributed by atoms with E-state index in [1.807, 2.05) is 17.4 Å². The largest absolute Gasteiger partial charge is 0.140 e. The maximum atomic E-state index is 3.17. The molecule has 0 amide bonds. The van der Waals surface area contributed by atoms with Gasteiger partial charge >= 0.3 is 0 Å². The Morgan fingerprint density at radius 2 is 2.08 bits per heavy atom. The van der Waals surface area contributed by atoms with E-state index < -0.39 is 0 Å². The van der Waals surface area contributed by atoms with Crippen molar-refractivity contribution in [2.75, 3.05) is 0 Å². The second kappa shape index (κ2) is 3.59. The van der Waals surface area contributed by atoms with Crippen molar-refractivity contribution in [1.82, 2.24) is 0 Å². The van der Waals surface area contributed by atoms with Gasteiger partial charge in [0.05, 0.1) is 0 Å². The van der Waals surface area contributed by atoms with Crippen LogP contribution in [0.4, 0.5) is 0 Å². The lowest BCUT2D eigenvalue weighted by atomic mass is 10.3. The molecule has 0 N–H and O–H groups in total. The van der Waals surface area contributed by atoms with Crippen LogP contribution in [-0.4, -0.2) is 0 Å². The number of thioether (sulfide) groups is 1. The van der Waals surface area contributed by atoms with E-state index in [2.05, 4.69) is 37.8 Å². The third-order valence-electron chi connectivity index (χ3n) is 1.77.